The molecule has 1 aromatic carbocycles. The molecular weight excluding hydrogens is 706 g/mol. The van der Waals surface area contributed by atoms with E-state index in [1.807, 2.05) is 0 Å². The summed E-state index contributed by atoms with van der Waals surface area (Å²) in [4.78, 5) is 12.1. The van der Waals surface area contributed by atoms with Gasteiger partial charge in [-0.05, 0) is 12.1 Å². The summed E-state index contributed by atoms with van der Waals surface area (Å²) >= 11 is 8.33. The van der Waals surface area contributed by atoms with E-state index in [0.717, 1.165) is 10.7 Å². The van der Waals surface area contributed by atoms with Gasteiger partial charge in [-0.3, -0.25) is 13.6 Å². The van der Waals surface area contributed by atoms with Crippen LogP contribution < -0.4 is 5.73 Å². The number of ether oxygens (including phenoxy) is 2. The molecule has 6 heterocycles. The SMILES string of the molecule is Nc1ncnc2c1ncn2[C@@H]1O[C@@H]2CO[P@](S)O[C@@H]3[C@H](O)[C@@H](CO[P@](=O)(S)O[C@H]2[C@H]1F)O[C@H]3n1nnc2c(C(F)(F)F)cccc21. The Balaban J connectivity index is 1.17. The number of aliphatic hydroxyl groups excluding tert-OH is 1. The third-order valence-electron chi connectivity index (χ3n) is 7.51. The summed E-state index contributed by atoms with van der Waals surface area (Å²) in [5, 5.41) is 18.6. The Kier molecular flexibility index (Phi) is 8.45. The summed E-state index contributed by atoms with van der Waals surface area (Å²) in [5.41, 5.74) is 4.65. The number of aromatic nitrogens is 7. The fourth-order valence-electron chi connectivity index (χ4n) is 5.40. The average molecular weight is 729 g/mol. The number of anilines is 1. The summed E-state index contributed by atoms with van der Waals surface area (Å²) in [6.07, 6.45) is -14.0. The fourth-order valence-corrected chi connectivity index (χ4v) is 8.18. The van der Waals surface area contributed by atoms with E-state index in [0.29, 0.717) is 0 Å². The number of nitrogens with two attached hydrogens (primary N) is 1. The highest BCUT2D eigenvalue weighted by molar-refractivity contribution is 8.44. The van der Waals surface area contributed by atoms with Gasteiger partial charge < -0.3 is 29.4 Å². The summed E-state index contributed by atoms with van der Waals surface area (Å²) in [6.45, 7) is -5.44. The van der Waals surface area contributed by atoms with Crippen LogP contribution in [0.4, 0.5) is 23.4 Å². The molecule has 248 valence electrons. The molecule has 7 rings (SSSR count). The summed E-state index contributed by atoms with van der Waals surface area (Å²) in [6, 6.07) is 3.35. The summed E-state index contributed by atoms with van der Waals surface area (Å²) in [7, 11) is -2.19. The first-order valence-corrected chi connectivity index (χ1v) is 18.3. The number of nitrogens with zero attached hydrogens (tertiary/aromatic N) is 7. The first kappa shape index (κ1) is 32.3. The number of benzene rings is 1. The maximum absolute atomic E-state index is 16.0. The molecule has 24 heteroatoms. The molecule has 3 saturated heterocycles. The van der Waals surface area contributed by atoms with Gasteiger partial charge in [-0.25, -0.2) is 28.6 Å². The van der Waals surface area contributed by atoms with Crippen LogP contribution >= 0.6 is 38.9 Å². The number of nitrogen functional groups attached to an aromatic ring is 1. The maximum Gasteiger partial charge on any atom is 0.418 e. The largest absolute Gasteiger partial charge is 0.418 e. The molecule has 10 atom stereocenters. The third kappa shape index (κ3) is 5.76. The molecule has 3 N–H and O–H groups in total. The fraction of sp³-hybridized carbons (Fsp3) is 0.500. The van der Waals surface area contributed by atoms with Crippen LogP contribution in [-0.2, 0) is 38.3 Å². The minimum Gasteiger partial charge on any atom is -0.387 e. The average Bonchev–Trinajstić information content (AvgIpc) is 3.76. The highest BCUT2D eigenvalue weighted by Crippen LogP contribution is 2.58. The lowest BCUT2D eigenvalue weighted by molar-refractivity contribution is -0.136. The smallest absolute Gasteiger partial charge is 0.387 e. The second-order valence-corrected chi connectivity index (χ2v) is 15.1. The Hall–Kier alpha value is -2.23. The first-order chi connectivity index (χ1) is 21.8. The van der Waals surface area contributed by atoms with E-state index in [1.165, 1.54) is 29.4 Å². The van der Waals surface area contributed by atoms with Crippen LogP contribution in [0.2, 0.25) is 0 Å². The van der Waals surface area contributed by atoms with Gasteiger partial charge in [-0.15, -0.1) is 5.10 Å². The molecule has 3 aromatic heterocycles. The van der Waals surface area contributed by atoms with Crippen molar-refractivity contribution in [3.63, 3.8) is 0 Å². The molecule has 0 spiro atoms. The molecule has 16 nitrogen and oxygen atoms in total. The molecule has 0 radical (unpaired) electrons. The highest BCUT2D eigenvalue weighted by Gasteiger charge is 2.53. The van der Waals surface area contributed by atoms with E-state index < -0.39 is 94.0 Å². The van der Waals surface area contributed by atoms with Gasteiger partial charge in [0, 0.05) is 0 Å². The Bertz CT molecular complexity index is 1820. The van der Waals surface area contributed by atoms with Crippen LogP contribution in [0, 0.1) is 0 Å². The first-order valence-electron chi connectivity index (χ1n) is 13.2. The lowest BCUT2D eigenvalue weighted by atomic mass is 10.1. The normalized spacial score (nSPS) is 35.9. The molecule has 3 aliphatic heterocycles. The maximum atomic E-state index is 16.0. The lowest BCUT2D eigenvalue weighted by Crippen LogP contribution is -2.35. The molecule has 4 aromatic rings. The Morgan fingerprint density at radius 2 is 1.87 bits per heavy atom. The van der Waals surface area contributed by atoms with Crippen molar-refractivity contribution in [1.29, 1.82) is 0 Å². The van der Waals surface area contributed by atoms with Crippen LogP contribution in [0.5, 0.6) is 0 Å². The summed E-state index contributed by atoms with van der Waals surface area (Å²) in [5.74, 6) is 0.0578. The topological polar surface area (TPSA) is 193 Å². The van der Waals surface area contributed by atoms with Crippen molar-refractivity contribution in [2.75, 3.05) is 18.9 Å². The zero-order valence-corrected chi connectivity index (χ0v) is 26.3. The number of halogens is 4. The molecule has 0 aliphatic carbocycles. The molecule has 46 heavy (non-hydrogen) atoms. The van der Waals surface area contributed by atoms with Crippen molar-refractivity contribution >= 4 is 66.9 Å². The van der Waals surface area contributed by atoms with Crippen molar-refractivity contribution in [3.8, 4) is 0 Å². The molecule has 3 aliphatic rings. The van der Waals surface area contributed by atoms with E-state index >= 15 is 4.39 Å². The Morgan fingerprint density at radius 3 is 2.65 bits per heavy atom. The highest BCUT2D eigenvalue weighted by atomic mass is 32.7. The van der Waals surface area contributed by atoms with E-state index in [-0.39, 0.29) is 22.5 Å². The molecular formula is C22H22F4N8O8P2S2. The van der Waals surface area contributed by atoms with Crippen molar-refractivity contribution in [1.82, 2.24) is 34.5 Å². The van der Waals surface area contributed by atoms with Crippen LogP contribution in [-0.4, -0.2) is 89.5 Å². The van der Waals surface area contributed by atoms with E-state index in [9.17, 15) is 22.8 Å². The van der Waals surface area contributed by atoms with Gasteiger partial charge in [0.25, 0.3) is 0 Å². The van der Waals surface area contributed by atoms with Gasteiger partial charge in [0.15, 0.2) is 30.1 Å². The lowest BCUT2D eigenvalue weighted by Gasteiger charge is -2.25. The molecule has 0 unspecified atom stereocenters. The number of hydrogen-bond acceptors (Lipinski definition) is 15. The van der Waals surface area contributed by atoms with Crippen LogP contribution in [0.3, 0.4) is 0 Å². The Labute approximate surface area is 266 Å². The minimum absolute atomic E-state index is 0.0578. The molecule has 3 fully saturated rings. The van der Waals surface area contributed by atoms with E-state index in [2.05, 4.69) is 49.8 Å². The van der Waals surface area contributed by atoms with Gasteiger partial charge in [-0.2, -0.15) is 13.2 Å². The van der Waals surface area contributed by atoms with Gasteiger partial charge >= 0.3 is 13.0 Å². The van der Waals surface area contributed by atoms with Crippen molar-refractivity contribution in [2.24, 2.45) is 0 Å². The number of aliphatic hydroxyl groups is 1. The third-order valence-corrected chi connectivity index (χ3v) is 10.5. The van der Waals surface area contributed by atoms with Gasteiger partial charge in [0.05, 0.1) is 30.6 Å². The standard InChI is InChI=1S/C22H22F4N8O8P2S2/c23-12-16-11(40-20(12)33-7-30-14-18(27)28-6-29-19(14)33)4-37-43(45)41-17-15(35)10(5-38-44(36,46)42-16)39-21(17)34-9-3-1-2-8(22(24,25)26)13(9)31-32-34/h1-3,6-7,10-12,15-17,20-21,35,45H,4-5H2,(H,36,46)(H2,27,28,29)/t10-,11-,12-,15-,16-,17-,20-,21-,43+,44+/m1/s1. The Morgan fingerprint density at radius 1 is 1.09 bits per heavy atom. The van der Waals surface area contributed by atoms with E-state index in [4.69, 9.17) is 33.3 Å². The van der Waals surface area contributed by atoms with Gasteiger partial charge in [-0.1, -0.05) is 35.8 Å². The van der Waals surface area contributed by atoms with Crippen LogP contribution in [0.25, 0.3) is 22.2 Å². The number of thiol groups is 2. The number of imidazole rings is 1. The van der Waals surface area contributed by atoms with Crippen molar-refractivity contribution in [3.05, 3.63) is 36.4 Å². The number of rotatable bonds is 2. The van der Waals surface area contributed by atoms with Crippen LogP contribution in [0.15, 0.2) is 30.9 Å². The quantitative estimate of drug-likeness (QED) is 0.133. The van der Waals surface area contributed by atoms with Crippen LogP contribution in [0.1, 0.15) is 18.0 Å². The number of alkyl halides is 4. The van der Waals surface area contributed by atoms with Gasteiger partial charge in [0.1, 0.15) is 47.9 Å². The molecule has 2 bridgehead atoms. The summed E-state index contributed by atoms with van der Waals surface area (Å²) < 4.78 is 107. The second-order valence-electron chi connectivity index (χ2n) is 10.3. The minimum atomic E-state index is -4.72. The molecule has 0 amide bonds. The second kappa shape index (κ2) is 12.0. The number of fused-ring (bicyclic) bond motifs is 5. The zero-order valence-electron chi connectivity index (χ0n) is 22.7. The van der Waals surface area contributed by atoms with Crippen molar-refractivity contribution < 1.29 is 54.8 Å². The molecule has 0 saturated carbocycles. The predicted molar refractivity (Wildman–Crippen MR) is 155 cm³/mol. The zero-order chi connectivity index (χ0) is 32.5. The van der Waals surface area contributed by atoms with Crippen molar-refractivity contribution in [2.45, 2.75) is 55.3 Å². The predicted octanol–water partition coefficient (Wildman–Crippen LogP) is 3.38. The van der Waals surface area contributed by atoms with Gasteiger partial charge in [0.2, 0.25) is 7.58 Å². The number of hydrogen-bond donors (Lipinski definition) is 4. The van der Waals surface area contributed by atoms with E-state index in [1.54, 1.807) is 0 Å². The monoisotopic (exact) mass is 728 g/mol.